The van der Waals surface area contributed by atoms with Crippen LogP contribution in [0.5, 0.6) is 0 Å². The average molecular weight is 264 g/mol. The second-order valence-corrected chi connectivity index (χ2v) is 5.06. The van der Waals surface area contributed by atoms with Crippen LogP contribution in [0, 0.1) is 0 Å². The van der Waals surface area contributed by atoms with Gasteiger partial charge in [0.1, 0.15) is 24.0 Å². The fourth-order valence-electron chi connectivity index (χ4n) is 2.62. The normalized spacial score (nSPS) is 23.4. The molecule has 2 aromatic heterocycles. The van der Waals surface area contributed by atoms with Crippen molar-refractivity contribution in [1.29, 1.82) is 0 Å². The van der Waals surface area contributed by atoms with Gasteiger partial charge in [-0.05, 0) is 19.9 Å². The summed E-state index contributed by atoms with van der Waals surface area (Å²) in [6, 6.07) is 1.77. The molecule has 102 valence electrons. The Morgan fingerprint density at radius 2 is 2.26 bits per heavy atom. The van der Waals surface area contributed by atoms with E-state index in [4.69, 9.17) is 4.74 Å². The predicted octanol–water partition coefficient (Wildman–Crippen LogP) is 1.91. The number of halogens is 1. The number of H-pyrrole nitrogens is 1. The molecule has 5 nitrogen and oxygen atoms in total. The maximum atomic E-state index is 14.0. The molecule has 0 radical (unpaired) electrons. The molecule has 3 heterocycles. The van der Waals surface area contributed by atoms with Gasteiger partial charge in [0.2, 0.25) is 0 Å². The van der Waals surface area contributed by atoms with Crippen molar-refractivity contribution >= 4 is 16.9 Å². The van der Waals surface area contributed by atoms with Crippen LogP contribution in [0.1, 0.15) is 13.8 Å². The minimum absolute atomic E-state index is 0.137. The predicted molar refractivity (Wildman–Crippen MR) is 71.0 cm³/mol. The fraction of sp³-hybridized carbons (Fsp3) is 0.538. The lowest BCUT2D eigenvalue weighted by Gasteiger charge is -2.34. The highest BCUT2D eigenvalue weighted by molar-refractivity contribution is 5.87. The first-order valence-electron chi connectivity index (χ1n) is 6.46. The molecule has 6 heteroatoms. The number of ether oxygens (including phenoxy) is 1. The number of hydrogen-bond donors (Lipinski definition) is 1. The zero-order valence-electron chi connectivity index (χ0n) is 11.0. The van der Waals surface area contributed by atoms with E-state index >= 15 is 0 Å². The van der Waals surface area contributed by atoms with Crippen molar-refractivity contribution in [3.05, 3.63) is 18.6 Å². The molecule has 0 bridgehead atoms. The number of nitrogens with one attached hydrogen (secondary N) is 1. The number of nitrogens with zero attached hydrogens (tertiary/aromatic N) is 3. The minimum atomic E-state index is -0.980. The summed E-state index contributed by atoms with van der Waals surface area (Å²) < 4.78 is 19.2. The summed E-state index contributed by atoms with van der Waals surface area (Å²) in [4.78, 5) is 13.6. The quantitative estimate of drug-likeness (QED) is 0.920. The van der Waals surface area contributed by atoms with Gasteiger partial charge < -0.3 is 14.6 Å². The van der Waals surface area contributed by atoms with Gasteiger partial charge in [0.15, 0.2) is 0 Å². The van der Waals surface area contributed by atoms with Crippen molar-refractivity contribution in [2.45, 2.75) is 32.1 Å². The van der Waals surface area contributed by atoms with Crippen molar-refractivity contribution in [2.24, 2.45) is 0 Å². The van der Waals surface area contributed by atoms with Crippen LogP contribution in [0.15, 0.2) is 18.6 Å². The number of hydrogen-bond acceptors (Lipinski definition) is 4. The minimum Gasteiger partial charge on any atom is -0.376 e. The van der Waals surface area contributed by atoms with Crippen molar-refractivity contribution in [3.8, 4) is 0 Å². The number of aromatic amines is 1. The number of rotatable bonds is 3. The molecule has 0 unspecified atom stereocenters. The lowest BCUT2D eigenvalue weighted by molar-refractivity contribution is 0.173. The average Bonchev–Trinajstić information content (AvgIpc) is 2.99. The van der Waals surface area contributed by atoms with Crippen molar-refractivity contribution in [3.63, 3.8) is 0 Å². The summed E-state index contributed by atoms with van der Waals surface area (Å²) in [7, 11) is 0. The smallest absolute Gasteiger partial charge is 0.146 e. The summed E-state index contributed by atoms with van der Waals surface area (Å²) in [6.45, 7) is 4.63. The maximum absolute atomic E-state index is 14.0. The lowest BCUT2D eigenvalue weighted by Crippen LogP contribution is -2.46. The SMILES string of the molecule is CC(C)N(c1ncnc2[nH]ccc12)[C@@H]1COC[C@H]1F. The largest absolute Gasteiger partial charge is 0.376 e. The molecule has 1 saturated heterocycles. The Morgan fingerprint density at radius 3 is 2.95 bits per heavy atom. The summed E-state index contributed by atoms with van der Waals surface area (Å²) in [6.07, 6.45) is 2.35. The lowest BCUT2D eigenvalue weighted by atomic mass is 10.1. The van der Waals surface area contributed by atoms with E-state index in [0.29, 0.717) is 6.61 Å². The molecule has 1 aliphatic heterocycles. The maximum Gasteiger partial charge on any atom is 0.146 e. The first-order valence-corrected chi connectivity index (χ1v) is 6.46. The Hall–Kier alpha value is -1.69. The van der Waals surface area contributed by atoms with Crippen LogP contribution in [-0.2, 0) is 4.74 Å². The molecule has 2 atom stereocenters. The number of anilines is 1. The van der Waals surface area contributed by atoms with E-state index < -0.39 is 6.17 Å². The topological polar surface area (TPSA) is 54.0 Å². The van der Waals surface area contributed by atoms with Crippen molar-refractivity contribution < 1.29 is 9.13 Å². The van der Waals surface area contributed by atoms with E-state index in [1.807, 2.05) is 31.0 Å². The molecule has 2 aromatic rings. The first-order chi connectivity index (χ1) is 9.18. The molecular weight excluding hydrogens is 247 g/mol. The van der Waals surface area contributed by atoms with Crippen LogP contribution in [0.4, 0.5) is 10.2 Å². The Morgan fingerprint density at radius 1 is 1.42 bits per heavy atom. The van der Waals surface area contributed by atoms with E-state index in [1.165, 1.54) is 6.33 Å². The highest BCUT2D eigenvalue weighted by Crippen LogP contribution is 2.29. The van der Waals surface area contributed by atoms with Gasteiger partial charge in [-0.25, -0.2) is 14.4 Å². The molecule has 3 rings (SSSR count). The second-order valence-electron chi connectivity index (χ2n) is 5.06. The second kappa shape index (κ2) is 4.77. The first kappa shape index (κ1) is 12.3. The third kappa shape index (κ3) is 2.06. The molecule has 0 amide bonds. The molecule has 1 fully saturated rings. The zero-order chi connectivity index (χ0) is 13.4. The van der Waals surface area contributed by atoms with Crippen LogP contribution in [0.2, 0.25) is 0 Å². The molecular formula is C13H17FN4O. The Kier molecular flexibility index (Phi) is 3.10. The Labute approximate surface area is 110 Å². The molecule has 0 spiro atoms. The van der Waals surface area contributed by atoms with Crippen LogP contribution in [0.3, 0.4) is 0 Å². The van der Waals surface area contributed by atoms with Gasteiger partial charge in [0.05, 0.1) is 24.6 Å². The van der Waals surface area contributed by atoms with Crippen LogP contribution in [-0.4, -0.2) is 46.4 Å². The van der Waals surface area contributed by atoms with Gasteiger partial charge in [0.25, 0.3) is 0 Å². The molecule has 0 aliphatic carbocycles. The standard InChI is InChI=1S/C13H17FN4O/c1-8(2)18(11-6-19-5-10(11)14)13-9-3-4-15-12(9)16-7-17-13/h3-4,7-8,10-11H,5-6H2,1-2H3,(H,15,16,17)/t10-,11-/m1/s1. The molecule has 0 aromatic carbocycles. The highest BCUT2D eigenvalue weighted by Gasteiger charge is 2.36. The molecule has 0 saturated carbocycles. The summed E-state index contributed by atoms with van der Waals surface area (Å²) in [5.74, 6) is 0.763. The third-order valence-electron chi connectivity index (χ3n) is 3.47. The third-order valence-corrected chi connectivity index (χ3v) is 3.47. The van der Waals surface area contributed by atoms with E-state index in [-0.39, 0.29) is 18.7 Å². The number of aromatic nitrogens is 3. The molecule has 19 heavy (non-hydrogen) atoms. The molecule has 1 aliphatic rings. The van der Waals surface area contributed by atoms with E-state index in [2.05, 4.69) is 15.0 Å². The van der Waals surface area contributed by atoms with E-state index in [1.54, 1.807) is 0 Å². The van der Waals surface area contributed by atoms with Gasteiger partial charge in [-0.3, -0.25) is 0 Å². The van der Waals surface area contributed by atoms with E-state index in [0.717, 1.165) is 16.9 Å². The monoisotopic (exact) mass is 264 g/mol. The summed E-state index contributed by atoms with van der Waals surface area (Å²) in [5.41, 5.74) is 0.768. The van der Waals surface area contributed by atoms with Crippen LogP contribution < -0.4 is 4.90 Å². The zero-order valence-corrected chi connectivity index (χ0v) is 11.0. The highest BCUT2D eigenvalue weighted by atomic mass is 19.1. The summed E-state index contributed by atoms with van der Waals surface area (Å²) >= 11 is 0. The van der Waals surface area contributed by atoms with Crippen molar-refractivity contribution in [2.75, 3.05) is 18.1 Å². The Bertz CT molecular complexity index is 571. The summed E-state index contributed by atoms with van der Waals surface area (Å²) in [5, 5.41) is 0.912. The van der Waals surface area contributed by atoms with Gasteiger partial charge in [-0.2, -0.15) is 0 Å². The van der Waals surface area contributed by atoms with E-state index in [9.17, 15) is 4.39 Å². The molecule has 1 N–H and O–H groups in total. The van der Waals surface area contributed by atoms with Gasteiger partial charge in [-0.15, -0.1) is 0 Å². The van der Waals surface area contributed by atoms with Crippen LogP contribution >= 0.6 is 0 Å². The number of alkyl halides is 1. The van der Waals surface area contributed by atoms with Crippen molar-refractivity contribution in [1.82, 2.24) is 15.0 Å². The fourth-order valence-corrected chi connectivity index (χ4v) is 2.62. The van der Waals surface area contributed by atoms with Gasteiger partial charge in [-0.1, -0.05) is 0 Å². The Balaban J connectivity index is 2.07. The van der Waals surface area contributed by atoms with Crippen LogP contribution in [0.25, 0.3) is 11.0 Å². The van der Waals surface area contributed by atoms with Gasteiger partial charge >= 0.3 is 0 Å². The van der Waals surface area contributed by atoms with Gasteiger partial charge in [0, 0.05) is 12.2 Å². The number of fused-ring (bicyclic) bond motifs is 1.